The van der Waals surface area contributed by atoms with Crippen molar-refractivity contribution < 1.29 is 19.1 Å². The van der Waals surface area contributed by atoms with Crippen molar-refractivity contribution in [1.82, 2.24) is 21.1 Å². The molecule has 1 saturated carbocycles. The Morgan fingerprint density at radius 2 is 1.58 bits per heavy atom. The van der Waals surface area contributed by atoms with Crippen LogP contribution < -0.4 is 16.2 Å². The molecule has 3 amide bonds. The summed E-state index contributed by atoms with van der Waals surface area (Å²) in [5, 5.41) is 2.58. The zero-order chi connectivity index (χ0) is 17.9. The molecule has 2 rings (SSSR count). The van der Waals surface area contributed by atoms with Gasteiger partial charge in [-0.2, -0.15) is 0 Å². The second-order valence-electron chi connectivity index (χ2n) is 7.09. The highest BCUT2D eigenvalue weighted by molar-refractivity contribution is 6.35. The van der Waals surface area contributed by atoms with Crippen molar-refractivity contribution in [3.05, 3.63) is 0 Å². The Kier molecular flexibility index (Phi) is 6.17. The molecule has 0 spiro atoms. The molecule has 1 heterocycles. The number of nitrogens with zero attached hydrogens (tertiary/aromatic N) is 1. The molecule has 0 aromatic carbocycles. The molecule has 1 saturated heterocycles. The zero-order valence-corrected chi connectivity index (χ0v) is 14.8. The first-order valence-corrected chi connectivity index (χ1v) is 8.58. The van der Waals surface area contributed by atoms with Crippen LogP contribution in [0, 0.1) is 5.92 Å². The maximum absolute atomic E-state index is 12.5. The normalized spacial score (nSPS) is 25.9. The van der Waals surface area contributed by atoms with Crippen LogP contribution >= 0.6 is 0 Å². The lowest BCUT2D eigenvalue weighted by Gasteiger charge is -2.40. The van der Waals surface area contributed by atoms with E-state index < -0.39 is 17.9 Å². The number of morpholine rings is 1. The standard InChI is InChI=1S/C16H28N4O4/c1-9(2)13(20-7-10(3)24-11(4)8-20)14(21)18-19-16(23)15(22)17-12-5-6-12/h9-13H,5-8H2,1-4H3,(H,17,22)(H,18,21)(H,19,23). The number of carbonyl (C=O) groups is 3. The molecule has 3 N–H and O–H groups in total. The topological polar surface area (TPSA) is 99.8 Å². The third-order valence-electron chi connectivity index (χ3n) is 4.16. The Hall–Kier alpha value is -1.67. The average Bonchev–Trinajstić information content (AvgIpc) is 3.27. The van der Waals surface area contributed by atoms with Crippen molar-refractivity contribution in [1.29, 1.82) is 0 Å². The SMILES string of the molecule is CC1CN(C(C(=O)NNC(=O)C(=O)NC2CC2)C(C)C)CC(C)O1. The Bertz CT molecular complexity index is 482. The Morgan fingerprint density at radius 1 is 1.00 bits per heavy atom. The molecular weight excluding hydrogens is 312 g/mol. The van der Waals surface area contributed by atoms with Crippen LogP contribution in [-0.2, 0) is 19.1 Å². The molecule has 0 aromatic heterocycles. The van der Waals surface area contributed by atoms with Gasteiger partial charge in [0.25, 0.3) is 5.91 Å². The van der Waals surface area contributed by atoms with Crippen LogP contribution in [0.3, 0.4) is 0 Å². The van der Waals surface area contributed by atoms with Crippen molar-refractivity contribution >= 4 is 17.7 Å². The highest BCUT2D eigenvalue weighted by atomic mass is 16.5. The van der Waals surface area contributed by atoms with E-state index in [1.807, 2.05) is 27.7 Å². The lowest BCUT2D eigenvalue weighted by Crippen LogP contribution is -2.60. The minimum atomic E-state index is -0.846. The largest absolute Gasteiger partial charge is 0.373 e. The molecule has 3 atom stereocenters. The summed E-state index contributed by atoms with van der Waals surface area (Å²) in [5.41, 5.74) is 4.59. The lowest BCUT2D eigenvalue weighted by atomic mass is 10.00. The van der Waals surface area contributed by atoms with Gasteiger partial charge in [-0.15, -0.1) is 0 Å². The van der Waals surface area contributed by atoms with Gasteiger partial charge in [0.05, 0.1) is 18.2 Å². The Labute approximate surface area is 142 Å². The van der Waals surface area contributed by atoms with E-state index in [2.05, 4.69) is 21.1 Å². The Balaban J connectivity index is 1.88. The first-order valence-electron chi connectivity index (χ1n) is 8.58. The predicted octanol–water partition coefficient (Wildman–Crippen LogP) is -0.454. The molecule has 8 nitrogen and oxygen atoms in total. The molecular formula is C16H28N4O4. The summed E-state index contributed by atoms with van der Waals surface area (Å²) in [6.45, 7) is 9.16. The number of hydrogen-bond acceptors (Lipinski definition) is 5. The summed E-state index contributed by atoms with van der Waals surface area (Å²) in [4.78, 5) is 37.9. The summed E-state index contributed by atoms with van der Waals surface area (Å²) in [6, 6.07) is -0.302. The molecule has 0 aromatic rings. The highest BCUT2D eigenvalue weighted by Gasteiger charge is 2.34. The van der Waals surface area contributed by atoms with E-state index in [9.17, 15) is 14.4 Å². The van der Waals surface area contributed by atoms with Crippen LogP contribution in [0.2, 0.25) is 0 Å². The second-order valence-corrected chi connectivity index (χ2v) is 7.09. The smallest absolute Gasteiger partial charge is 0.327 e. The zero-order valence-electron chi connectivity index (χ0n) is 14.8. The molecule has 2 fully saturated rings. The van der Waals surface area contributed by atoms with Gasteiger partial charge in [-0.25, -0.2) is 0 Å². The summed E-state index contributed by atoms with van der Waals surface area (Å²) in [7, 11) is 0. The quantitative estimate of drug-likeness (QED) is 0.475. The van der Waals surface area contributed by atoms with Gasteiger partial charge in [0.1, 0.15) is 0 Å². The van der Waals surface area contributed by atoms with Crippen molar-refractivity contribution in [2.24, 2.45) is 5.92 Å². The summed E-state index contributed by atoms with van der Waals surface area (Å²) < 4.78 is 5.70. The summed E-state index contributed by atoms with van der Waals surface area (Å²) in [6.07, 6.45) is 1.88. The van der Waals surface area contributed by atoms with Crippen molar-refractivity contribution in [2.45, 2.75) is 64.8 Å². The second kappa shape index (κ2) is 7.94. The fourth-order valence-electron chi connectivity index (χ4n) is 3.06. The van der Waals surface area contributed by atoms with Gasteiger partial charge >= 0.3 is 11.8 Å². The number of ether oxygens (including phenoxy) is 1. The summed E-state index contributed by atoms with van der Waals surface area (Å²) >= 11 is 0. The maximum atomic E-state index is 12.5. The number of rotatable bonds is 4. The molecule has 2 aliphatic rings. The minimum absolute atomic E-state index is 0.0433. The molecule has 3 unspecified atom stereocenters. The molecule has 1 aliphatic carbocycles. The number of amides is 3. The average molecular weight is 340 g/mol. The monoisotopic (exact) mass is 340 g/mol. The third kappa shape index (κ3) is 5.17. The van der Waals surface area contributed by atoms with Crippen molar-refractivity contribution in [3.8, 4) is 0 Å². The maximum Gasteiger partial charge on any atom is 0.327 e. The van der Waals surface area contributed by atoms with Gasteiger partial charge in [0.2, 0.25) is 0 Å². The van der Waals surface area contributed by atoms with Crippen LogP contribution in [0.25, 0.3) is 0 Å². The van der Waals surface area contributed by atoms with Gasteiger partial charge in [-0.05, 0) is 32.6 Å². The van der Waals surface area contributed by atoms with E-state index in [1.54, 1.807) is 0 Å². The predicted molar refractivity (Wildman–Crippen MR) is 87.7 cm³/mol. The van der Waals surface area contributed by atoms with E-state index >= 15 is 0 Å². The van der Waals surface area contributed by atoms with Gasteiger partial charge < -0.3 is 10.1 Å². The van der Waals surface area contributed by atoms with E-state index in [0.29, 0.717) is 13.1 Å². The van der Waals surface area contributed by atoms with Crippen LogP contribution in [0.1, 0.15) is 40.5 Å². The Morgan fingerprint density at radius 3 is 2.08 bits per heavy atom. The van der Waals surface area contributed by atoms with Gasteiger partial charge in [-0.1, -0.05) is 13.8 Å². The number of hydrazine groups is 1. The van der Waals surface area contributed by atoms with Gasteiger partial charge in [0, 0.05) is 19.1 Å². The molecule has 136 valence electrons. The molecule has 0 bridgehead atoms. The first-order chi connectivity index (χ1) is 11.3. The van der Waals surface area contributed by atoms with Crippen molar-refractivity contribution in [2.75, 3.05) is 13.1 Å². The fraction of sp³-hybridized carbons (Fsp3) is 0.812. The summed E-state index contributed by atoms with van der Waals surface area (Å²) in [5.74, 6) is -1.83. The molecule has 1 aliphatic heterocycles. The van der Waals surface area contributed by atoms with Crippen molar-refractivity contribution in [3.63, 3.8) is 0 Å². The van der Waals surface area contributed by atoms with Crippen LogP contribution in [0.5, 0.6) is 0 Å². The van der Waals surface area contributed by atoms with E-state index in [4.69, 9.17) is 4.74 Å². The highest BCUT2D eigenvalue weighted by Crippen LogP contribution is 2.19. The van der Waals surface area contributed by atoms with Crippen LogP contribution in [-0.4, -0.2) is 60.0 Å². The molecule has 0 radical (unpaired) electrons. The first kappa shape index (κ1) is 18.7. The van der Waals surface area contributed by atoms with E-state index in [0.717, 1.165) is 12.8 Å². The van der Waals surface area contributed by atoms with Gasteiger partial charge in [-0.3, -0.25) is 30.1 Å². The van der Waals surface area contributed by atoms with Crippen LogP contribution in [0.15, 0.2) is 0 Å². The van der Waals surface area contributed by atoms with E-state index in [-0.39, 0.29) is 30.1 Å². The number of nitrogens with one attached hydrogen (secondary N) is 3. The molecule has 24 heavy (non-hydrogen) atoms. The van der Waals surface area contributed by atoms with E-state index in [1.165, 1.54) is 0 Å². The van der Waals surface area contributed by atoms with Gasteiger partial charge in [0.15, 0.2) is 0 Å². The van der Waals surface area contributed by atoms with Crippen LogP contribution in [0.4, 0.5) is 0 Å². The number of hydrogen-bond donors (Lipinski definition) is 3. The number of carbonyl (C=O) groups excluding carboxylic acids is 3. The molecule has 8 heteroatoms. The minimum Gasteiger partial charge on any atom is -0.373 e. The fourth-order valence-corrected chi connectivity index (χ4v) is 3.06. The third-order valence-corrected chi connectivity index (χ3v) is 4.16. The lowest BCUT2D eigenvalue weighted by molar-refractivity contribution is -0.143.